The van der Waals surface area contributed by atoms with E-state index in [1.54, 1.807) is 0 Å². The van der Waals surface area contributed by atoms with Crippen LogP contribution in [-0.4, -0.2) is 22.2 Å². The van der Waals surface area contributed by atoms with E-state index in [1.165, 1.54) is 13.8 Å². The molecular weight excluding hydrogens is 196 g/mol. The molecule has 0 aliphatic heterocycles. The van der Waals surface area contributed by atoms with Gasteiger partial charge in [-0.2, -0.15) is 0 Å². The number of carboxylic acids is 2. The smallest absolute Gasteiger partial charge is 0.330 e. The Morgan fingerprint density at radius 2 is 0.867 bits per heavy atom. The Kier molecular flexibility index (Phi) is 29.0. The van der Waals surface area contributed by atoms with Crippen molar-refractivity contribution >= 4 is 11.9 Å². The van der Waals surface area contributed by atoms with E-state index in [0.29, 0.717) is 0 Å². The molecule has 0 aliphatic carbocycles. The van der Waals surface area contributed by atoms with Crippen LogP contribution in [0.5, 0.6) is 0 Å². The predicted octanol–water partition coefficient (Wildman–Crippen LogP) is 3.20. The topological polar surface area (TPSA) is 74.6 Å². The zero-order chi connectivity index (χ0) is 10.3. The number of rotatable bonds is 2. The molecule has 2 N–H and O–H groups in total. The minimum Gasteiger partial charge on any atom is -0.478 e. The number of hydrogen-bond acceptors (Lipinski definition) is 2. The number of carbonyl (C=O) groups is 2. The van der Waals surface area contributed by atoms with E-state index >= 15 is 0 Å². The van der Waals surface area contributed by atoms with E-state index in [-0.39, 0.29) is 33.4 Å². The molecule has 15 heavy (non-hydrogen) atoms. The molecule has 0 aliphatic rings. The van der Waals surface area contributed by atoms with Gasteiger partial charge in [-0.15, -0.1) is 0 Å². The predicted molar refractivity (Wildman–Crippen MR) is 65.1 cm³/mol. The summed E-state index contributed by atoms with van der Waals surface area (Å²) in [4.78, 5) is 19.2. The van der Waals surface area contributed by atoms with Crippen LogP contribution in [0.1, 0.15) is 36.1 Å². The van der Waals surface area contributed by atoms with Crippen LogP contribution in [0.25, 0.3) is 0 Å². The van der Waals surface area contributed by atoms with E-state index in [9.17, 15) is 9.59 Å². The molecule has 0 saturated heterocycles. The molecule has 4 heteroatoms. The minimum atomic E-state index is -0.935. The number of aliphatic carboxylic acids is 2. The summed E-state index contributed by atoms with van der Waals surface area (Å²) in [7, 11) is 0. The van der Waals surface area contributed by atoms with Gasteiger partial charge in [0.15, 0.2) is 0 Å². The third kappa shape index (κ3) is 32.7. The van der Waals surface area contributed by atoms with Crippen molar-refractivity contribution in [2.75, 3.05) is 0 Å². The largest absolute Gasteiger partial charge is 0.478 e. The van der Waals surface area contributed by atoms with Gasteiger partial charge in [-0.1, -0.05) is 35.4 Å². The normalized spacial score (nSPS) is 6.00. The lowest BCUT2D eigenvalue weighted by atomic mass is 10.4. The van der Waals surface area contributed by atoms with Crippen LogP contribution in [0.3, 0.4) is 0 Å². The maximum absolute atomic E-state index is 9.60. The van der Waals surface area contributed by atoms with Crippen molar-refractivity contribution in [2.24, 2.45) is 0 Å². The van der Waals surface area contributed by atoms with Crippen LogP contribution < -0.4 is 0 Å². The fraction of sp³-hybridized carbons (Fsp3) is 0.455. The van der Waals surface area contributed by atoms with E-state index in [2.05, 4.69) is 13.2 Å². The van der Waals surface area contributed by atoms with Crippen LogP contribution in [0, 0.1) is 0 Å². The van der Waals surface area contributed by atoms with Gasteiger partial charge in [0.1, 0.15) is 0 Å². The first kappa shape index (κ1) is 29.2. The van der Waals surface area contributed by atoms with Crippen molar-refractivity contribution in [3.8, 4) is 0 Å². The highest BCUT2D eigenvalue weighted by atomic mass is 16.4. The summed E-state index contributed by atoms with van der Waals surface area (Å²) in [6, 6.07) is 0. The lowest BCUT2D eigenvalue weighted by Gasteiger charge is -1.79. The quantitative estimate of drug-likeness (QED) is 0.701. The average molecular weight is 220 g/mol. The number of carboxylic acid groups (broad SMARTS) is 2. The first-order valence-electron chi connectivity index (χ1n) is 3.06. The van der Waals surface area contributed by atoms with Gasteiger partial charge in [0.25, 0.3) is 0 Å². The monoisotopic (exact) mass is 220 g/mol. The molecule has 0 rings (SSSR count). The zero-order valence-corrected chi connectivity index (χ0v) is 7.13. The average Bonchev–Trinajstić information content (AvgIpc) is 1.88. The molecule has 0 aromatic rings. The van der Waals surface area contributed by atoms with Crippen molar-refractivity contribution in [3.05, 3.63) is 24.3 Å². The van der Waals surface area contributed by atoms with Crippen LogP contribution in [0.4, 0.5) is 0 Å². The van der Waals surface area contributed by atoms with Crippen LogP contribution in [0.15, 0.2) is 24.3 Å². The van der Waals surface area contributed by atoms with Gasteiger partial charge in [0, 0.05) is 11.1 Å². The van der Waals surface area contributed by atoms with Crippen molar-refractivity contribution < 1.29 is 19.8 Å². The lowest BCUT2D eigenvalue weighted by Crippen LogP contribution is -1.92. The van der Waals surface area contributed by atoms with Crippen molar-refractivity contribution in [1.29, 1.82) is 0 Å². The first-order chi connectivity index (χ1) is 5.29. The van der Waals surface area contributed by atoms with E-state index in [1.807, 2.05) is 0 Å². The Hall–Kier alpha value is -1.58. The molecule has 0 radical (unpaired) electrons. The highest BCUT2D eigenvalue weighted by molar-refractivity contribution is 5.85. The fourth-order valence-corrected chi connectivity index (χ4v) is 0. The summed E-state index contributed by atoms with van der Waals surface area (Å²) in [5.41, 5.74) is 0.352. The standard InChI is InChI=1S/2C4H6O2.3CH4/c2*1-3(2)4(5)6;;;/h2*1H2,2H3,(H,5,6);3*1H4. The Morgan fingerprint density at radius 3 is 0.867 bits per heavy atom. The molecule has 0 atom stereocenters. The third-order valence-electron chi connectivity index (χ3n) is 0.730. The van der Waals surface area contributed by atoms with Gasteiger partial charge in [-0.3, -0.25) is 0 Å². The van der Waals surface area contributed by atoms with Gasteiger partial charge >= 0.3 is 11.9 Å². The maximum Gasteiger partial charge on any atom is 0.330 e. The highest BCUT2D eigenvalue weighted by Gasteiger charge is 1.90. The van der Waals surface area contributed by atoms with Crippen molar-refractivity contribution in [2.45, 2.75) is 36.1 Å². The second kappa shape index (κ2) is 14.9. The second-order valence-corrected chi connectivity index (χ2v) is 2.17. The lowest BCUT2D eigenvalue weighted by molar-refractivity contribution is -0.133. The molecule has 0 saturated carbocycles. The molecule has 0 bridgehead atoms. The molecule has 0 amide bonds. The summed E-state index contributed by atoms with van der Waals surface area (Å²) in [6.45, 7) is 9.20. The molecule has 4 nitrogen and oxygen atoms in total. The zero-order valence-electron chi connectivity index (χ0n) is 7.13. The minimum absolute atomic E-state index is 0. The summed E-state index contributed by atoms with van der Waals surface area (Å²) in [5, 5.41) is 15.8. The van der Waals surface area contributed by atoms with Gasteiger partial charge in [0.2, 0.25) is 0 Å². The van der Waals surface area contributed by atoms with Crippen molar-refractivity contribution in [1.82, 2.24) is 0 Å². The Balaban J connectivity index is -0.0000000370. The fourth-order valence-electron chi connectivity index (χ4n) is 0. The molecule has 0 aromatic heterocycles. The highest BCUT2D eigenvalue weighted by Crippen LogP contribution is 1.81. The molecular formula is C11H24O4. The molecule has 92 valence electrons. The summed E-state index contributed by atoms with van der Waals surface area (Å²) < 4.78 is 0. The summed E-state index contributed by atoms with van der Waals surface area (Å²) >= 11 is 0. The maximum atomic E-state index is 9.60. The first-order valence-corrected chi connectivity index (χ1v) is 3.06. The molecule has 0 unspecified atom stereocenters. The van der Waals surface area contributed by atoms with Crippen LogP contribution >= 0.6 is 0 Å². The van der Waals surface area contributed by atoms with Crippen LogP contribution in [0.2, 0.25) is 0 Å². The van der Waals surface area contributed by atoms with Gasteiger partial charge in [-0.25, -0.2) is 9.59 Å². The summed E-state index contributed by atoms with van der Waals surface area (Å²) in [5.74, 6) is -1.87. The van der Waals surface area contributed by atoms with E-state index < -0.39 is 11.9 Å². The van der Waals surface area contributed by atoms with Gasteiger partial charge < -0.3 is 10.2 Å². The van der Waals surface area contributed by atoms with Crippen LogP contribution in [-0.2, 0) is 9.59 Å². The second-order valence-electron chi connectivity index (χ2n) is 2.17. The Morgan fingerprint density at radius 1 is 0.800 bits per heavy atom. The third-order valence-corrected chi connectivity index (χ3v) is 0.730. The molecule has 0 heterocycles. The van der Waals surface area contributed by atoms with Gasteiger partial charge in [-0.05, 0) is 13.8 Å². The Bertz CT molecular complexity index is 169. The number of hydrogen-bond donors (Lipinski definition) is 2. The van der Waals surface area contributed by atoms with E-state index in [4.69, 9.17) is 10.2 Å². The summed E-state index contributed by atoms with van der Waals surface area (Å²) in [6.07, 6.45) is 0. The SMILES string of the molecule is C.C.C.C=C(C)C(=O)O.C=C(C)C(=O)O. The molecule has 0 fully saturated rings. The van der Waals surface area contributed by atoms with Crippen molar-refractivity contribution in [3.63, 3.8) is 0 Å². The van der Waals surface area contributed by atoms with Gasteiger partial charge in [0.05, 0.1) is 0 Å². The molecule has 0 aromatic carbocycles. The Labute approximate surface area is 92.9 Å². The molecule has 0 spiro atoms. The van der Waals surface area contributed by atoms with E-state index in [0.717, 1.165) is 0 Å².